The third kappa shape index (κ3) is 4.36. The lowest BCUT2D eigenvalue weighted by molar-refractivity contribution is -0.682. The first-order valence-electron chi connectivity index (χ1n) is 7.53. The van der Waals surface area contributed by atoms with Gasteiger partial charge in [0.25, 0.3) is 5.91 Å². The number of hydrogen-bond acceptors (Lipinski definition) is 1. The Bertz CT molecular complexity index is 696. The molecule has 0 bridgehead atoms. The van der Waals surface area contributed by atoms with Crippen molar-refractivity contribution in [1.29, 1.82) is 0 Å². The number of nitrogens with one attached hydrogen (secondary N) is 1. The zero-order valence-electron chi connectivity index (χ0n) is 13.5. The smallest absolute Gasteiger partial charge is 0.279 e. The number of carbonyl (C=O) groups excluding carboxylic acids is 1. The van der Waals surface area contributed by atoms with E-state index in [1.54, 1.807) is 5.32 Å². The predicted octanol–water partition coefficient (Wildman–Crippen LogP) is 2.84. The summed E-state index contributed by atoms with van der Waals surface area (Å²) in [6, 6.07) is 9.48. The molecule has 2 aromatic carbocycles. The summed E-state index contributed by atoms with van der Waals surface area (Å²) < 4.78 is 26.2. The second kappa shape index (κ2) is 7.33. The molecular weight excluding hydrogens is 298 g/mol. The summed E-state index contributed by atoms with van der Waals surface area (Å²) in [5.74, 6) is -1.87. The van der Waals surface area contributed by atoms with Gasteiger partial charge < -0.3 is 10.6 Å². The van der Waals surface area contributed by atoms with Crippen molar-refractivity contribution in [3.8, 4) is 0 Å². The van der Waals surface area contributed by atoms with Crippen molar-refractivity contribution in [3.05, 3.63) is 64.7 Å². The summed E-state index contributed by atoms with van der Waals surface area (Å²) >= 11 is 0. The fraction of sp³-hybridized carbons (Fsp3) is 0.278. The summed E-state index contributed by atoms with van der Waals surface area (Å²) in [5.41, 5.74) is 3.48. The highest BCUT2D eigenvalue weighted by Crippen LogP contribution is 2.19. The van der Waals surface area contributed by atoms with Gasteiger partial charge in [-0.25, -0.2) is 8.78 Å². The number of rotatable bonds is 5. The van der Waals surface area contributed by atoms with Gasteiger partial charge in [0.05, 0.1) is 0 Å². The predicted molar refractivity (Wildman–Crippen MR) is 86.1 cm³/mol. The van der Waals surface area contributed by atoms with E-state index in [-0.39, 0.29) is 18.5 Å². The molecule has 0 heterocycles. The van der Waals surface area contributed by atoms with Crippen LogP contribution < -0.4 is 10.6 Å². The van der Waals surface area contributed by atoms with Gasteiger partial charge >= 0.3 is 0 Å². The molecule has 0 aliphatic carbocycles. The van der Waals surface area contributed by atoms with Gasteiger partial charge in [-0.3, -0.25) is 4.79 Å². The summed E-state index contributed by atoms with van der Waals surface area (Å²) in [7, 11) is 0. The van der Waals surface area contributed by atoms with Crippen molar-refractivity contribution in [2.75, 3.05) is 11.9 Å². The molecule has 0 saturated heterocycles. The molecule has 1 atom stereocenters. The highest BCUT2D eigenvalue weighted by atomic mass is 19.2. The number of hydrogen-bond donors (Lipinski definition) is 2. The first-order valence-corrected chi connectivity index (χ1v) is 7.53. The van der Waals surface area contributed by atoms with E-state index in [1.165, 1.54) is 12.1 Å². The Labute approximate surface area is 134 Å². The molecular formula is C18H21F2N2O+. The van der Waals surface area contributed by atoms with Crippen molar-refractivity contribution < 1.29 is 18.9 Å². The van der Waals surface area contributed by atoms with Crippen LogP contribution in [0.4, 0.5) is 14.5 Å². The minimum atomic E-state index is -0.872. The van der Waals surface area contributed by atoms with Crippen molar-refractivity contribution in [1.82, 2.24) is 0 Å². The van der Waals surface area contributed by atoms with Gasteiger partial charge in [0, 0.05) is 11.3 Å². The quantitative estimate of drug-likeness (QED) is 0.874. The third-order valence-electron chi connectivity index (χ3n) is 3.87. The molecule has 2 aromatic rings. The monoisotopic (exact) mass is 319 g/mol. The standard InChI is InChI=1S/C18H20F2N2O/c1-11-5-4-6-12(2)18(11)22-17(23)10-21-13(3)14-7-8-15(19)16(20)9-14/h4-9,13,21H,10H2,1-3H3,(H,22,23)/p+1/t13-/m0/s1. The van der Waals surface area contributed by atoms with Gasteiger partial charge in [-0.2, -0.15) is 0 Å². The van der Waals surface area contributed by atoms with Crippen LogP contribution in [0.25, 0.3) is 0 Å². The van der Waals surface area contributed by atoms with Crippen LogP contribution in [0.1, 0.15) is 29.7 Å². The van der Waals surface area contributed by atoms with Crippen molar-refractivity contribution >= 4 is 11.6 Å². The van der Waals surface area contributed by atoms with E-state index in [0.717, 1.165) is 22.9 Å². The fourth-order valence-corrected chi connectivity index (χ4v) is 2.42. The second-order valence-corrected chi connectivity index (χ2v) is 5.72. The summed E-state index contributed by atoms with van der Waals surface area (Å²) in [6.07, 6.45) is 0. The van der Waals surface area contributed by atoms with E-state index in [0.29, 0.717) is 5.56 Å². The Kier molecular flexibility index (Phi) is 5.45. The minimum Gasteiger partial charge on any atom is -0.333 e. The minimum absolute atomic E-state index is 0.128. The number of amides is 1. The molecule has 2 rings (SSSR count). The molecule has 23 heavy (non-hydrogen) atoms. The summed E-state index contributed by atoms with van der Waals surface area (Å²) in [4.78, 5) is 12.1. The van der Waals surface area contributed by atoms with Gasteiger partial charge in [0.1, 0.15) is 6.04 Å². The summed E-state index contributed by atoms with van der Waals surface area (Å²) in [5, 5.41) is 4.69. The lowest BCUT2D eigenvalue weighted by Gasteiger charge is -2.13. The lowest BCUT2D eigenvalue weighted by Crippen LogP contribution is -2.86. The number of quaternary nitrogens is 1. The highest BCUT2D eigenvalue weighted by Gasteiger charge is 2.14. The molecule has 0 saturated carbocycles. The normalized spacial score (nSPS) is 12.0. The number of nitrogens with two attached hydrogens (primary N) is 1. The zero-order valence-corrected chi connectivity index (χ0v) is 13.5. The van der Waals surface area contributed by atoms with E-state index in [4.69, 9.17) is 0 Å². The van der Waals surface area contributed by atoms with Crippen LogP contribution in [0, 0.1) is 25.5 Å². The molecule has 1 amide bonds. The van der Waals surface area contributed by atoms with Crippen molar-refractivity contribution in [3.63, 3.8) is 0 Å². The number of carbonyl (C=O) groups is 1. The Balaban J connectivity index is 1.95. The molecule has 122 valence electrons. The van der Waals surface area contributed by atoms with E-state index in [9.17, 15) is 13.6 Å². The van der Waals surface area contributed by atoms with Crippen LogP contribution in [0.2, 0.25) is 0 Å². The number of halogens is 2. The van der Waals surface area contributed by atoms with E-state index < -0.39 is 11.6 Å². The average molecular weight is 319 g/mol. The van der Waals surface area contributed by atoms with Crippen LogP contribution in [0.5, 0.6) is 0 Å². The third-order valence-corrected chi connectivity index (χ3v) is 3.87. The number of anilines is 1. The van der Waals surface area contributed by atoms with Crippen LogP contribution >= 0.6 is 0 Å². The Hall–Kier alpha value is -2.27. The molecule has 5 heteroatoms. The molecule has 3 nitrogen and oxygen atoms in total. The SMILES string of the molecule is Cc1cccc(C)c1NC(=O)C[NH2+][C@@H](C)c1ccc(F)c(F)c1. The maximum absolute atomic E-state index is 13.2. The Morgan fingerprint density at radius 3 is 2.39 bits per heavy atom. The number of aryl methyl sites for hydroxylation is 2. The largest absolute Gasteiger partial charge is 0.333 e. The van der Waals surface area contributed by atoms with E-state index in [1.807, 2.05) is 39.0 Å². The molecule has 3 N–H and O–H groups in total. The second-order valence-electron chi connectivity index (χ2n) is 5.72. The van der Waals surface area contributed by atoms with Gasteiger partial charge in [-0.1, -0.05) is 18.2 Å². The fourth-order valence-electron chi connectivity index (χ4n) is 2.42. The number of benzene rings is 2. The molecule has 0 fully saturated rings. The van der Waals surface area contributed by atoms with Crippen LogP contribution in [-0.4, -0.2) is 12.5 Å². The van der Waals surface area contributed by atoms with Crippen LogP contribution in [0.3, 0.4) is 0 Å². The van der Waals surface area contributed by atoms with E-state index >= 15 is 0 Å². The van der Waals surface area contributed by atoms with Crippen molar-refractivity contribution in [2.45, 2.75) is 26.8 Å². The Morgan fingerprint density at radius 1 is 1.13 bits per heavy atom. The molecule has 0 radical (unpaired) electrons. The zero-order chi connectivity index (χ0) is 17.0. The molecule has 0 aliphatic heterocycles. The first-order chi connectivity index (χ1) is 10.9. The highest BCUT2D eigenvalue weighted by molar-refractivity contribution is 5.92. The lowest BCUT2D eigenvalue weighted by atomic mass is 10.1. The van der Waals surface area contributed by atoms with Gasteiger partial charge in [0.2, 0.25) is 0 Å². The molecule has 0 spiro atoms. The molecule has 0 aromatic heterocycles. The van der Waals surface area contributed by atoms with E-state index in [2.05, 4.69) is 5.32 Å². The van der Waals surface area contributed by atoms with Crippen LogP contribution in [-0.2, 0) is 4.79 Å². The van der Waals surface area contributed by atoms with Crippen molar-refractivity contribution in [2.24, 2.45) is 0 Å². The van der Waals surface area contributed by atoms with Crippen LogP contribution in [0.15, 0.2) is 36.4 Å². The first kappa shape index (κ1) is 17.1. The topological polar surface area (TPSA) is 45.7 Å². The summed E-state index contributed by atoms with van der Waals surface area (Å²) in [6.45, 7) is 5.93. The van der Waals surface area contributed by atoms with Gasteiger partial charge in [-0.15, -0.1) is 0 Å². The maximum atomic E-state index is 13.2. The molecule has 0 unspecified atom stereocenters. The Morgan fingerprint density at radius 2 is 1.78 bits per heavy atom. The molecule has 0 aliphatic rings. The van der Waals surface area contributed by atoms with Gasteiger partial charge in [-0.05, 0) is 50.1 Å². The maximum Gasteiger partial charge on any atom is 0.279 e. The van der Waals surface area contributed by atoms with Gasteiger partial charge in [0.15, 0.2) is 18.2 Å². The average Bonchev–Trinajstić information content (AvgIpc) is 2.51. The number of para-hydroxylation sites is 1.